The van der Waals surface area contributed by atoms with Gasteiger partial charge >= 0.3 is 12.0 Å². The van der Waals surface area contributed by atoms with E-state index in [0.29, 0.717) is 12.1 Å². The van der Waals surface area contributed by atoms with E-state index in [1.165, 1.54) is 4.68 Å². The van der Waals surface area contributed by atoms with Crippen LogP contribution in [0.2, 0.25) is 0 Å². The molecule has 5 aromatic rings. The van der Waals surface area contributed by atoms with Gasteiger partial charge in [0.15, 0.2) is 6.10 Å². The maximum Gasteiger partial charge on any atom is 0.347 e. The monoisotopic (exact) mass is 561 g/mol. The smallest absolute Gasteiger partial charge is 0.347 e. The van der Waals surface area contributed by atoms with Gasteiger partial charge in [-0.1, -0.05) is 91.0 Å². The predicted octanol–water partition coefficient (Wildman–Crippen LogP) is 6.86. The van der Waals surface area contributed by atoms with Gasteiger partial charge in [0.2, 0.25) is 0 Å². The first-order valence-corrected chi connectivity index (χ1v) is 14.0. The van der Waals surface area contributed by atoms with Gasteiger partial charge in [-0.3, -0.25) is 9.48 Å². The molecule has 0 atom stereocenters. The average molecular weight is 562 g/mol. The molecule has 0 fully saturated rings. The van der Waals surface area contributed by atoms with Crippen molar-refractivity contribution in [1.82, 2.24) is 14.3 Å². The molecule has 0 bridgehead atoms. The van der Waals surface area contributed by atoms with E-state index in [-0.39, 0.29) is 10.9 Å². The van der Waals surface area contributed by atoms with Gasteiger partial charge in [-0.05, 0) is 62.1 Å². The van der Waals surface area contributed by atoms with Crippen LogP contribution in [0.3, 0.4) is 0 Å². The van der Waals surface area contributed by atoms with Crippen molar-refractivity contribution in [3.05, 3.63) is 141 Å². The Labute approximate surface area is 245 Å². The molecule has 0 N–H and O–H groups in total. The van der Waals surface area contributed by atoms with Gasteiger partial charge in [0, 0.05) is 19.1 Å². The molecule has 1 amide bonds. The summed E-state index contributed by atoms with van der Waals surface area (Å²) in [5.74, 6) is -0.592. The lowest BCUT2D eigenvalue weighted by molar-refractivity contribution is 0.0379. The van der Waals surface area contributed by atoms with Crippen molar-refractivity contribution in [3.8, 4) is 0 Å². The second-order valence-electron chi connectivity index (χ2n) is 11.4. The van der Waals surface area contributed by atoms with E-state index in [1.807, 2.05) is 113 Å². The van der Waals surface area contributed by atoms with E-state index in [1.54, 1.807) is 30.1 Å². The van der Waals surface area contributed by atoms with Crippen LogP contribution in [-0.2, 0) is 18.3 Å². The summed E-state index contributed by atoms with van der Waals surface area (Å²) in [4.78, 5) is 43.3. The Morgan fingerprint density at radius 2 is 1.38 bits per heavy atom. The molecule has 4 aromatic carbocycles. The van der Waals surface area contributed by atoms with E-state index in [4.69, 9.17) is 4.74 Å². The molecule has 42 heavy (non-hydrogen) atoms. The minimum atomic E-state index is -0.651. The van der Waals surface area contributed by atoms with Gasteiger partial charge in [0.25, 0.3) is 5.56 Å². The highest BCUT2D eigenvalue weighted by Gasteiger charge is 2.32. The van der Waals surface area contributed by atoms with Crippen LogP contribution >= 0.6 is 0 Å². The molecule has 214 valence electrons. The molecule has 7 heteroatoms. The molecule has 0 saturated heterocycles. The molecule has 1 aromatic heterocycles. The Kier molecular flexibility index (Phi) is 7.85. The molecule has 7 nitrogen and oxygen atoms in total. The van der Waals surface area contributed by atoms with Gasteiger partial charge in [0.1, 0.15) is 0 Å². The third kappa shape index (κ3) is 5.50. The van der Waals surface area contributed by atoms with Crippen molar-refractivity contribution in [2.45, 2.75) is 45.9 Å². The lowest BCUT2D eigenvalue weighted by Crippen LogP contribution is -2.50. The Hall–Kier alpha value is -4.91. The van der Waals surface area contributed by atoms with Gasteiger partial charge in [0.05, 0.1) is 16.5 Å². The highest BCUT2D eigenvalue weighted by atomic mass is 16.5. The zero-order valence-electron chi connectivity index (χ0n) is 24.6. The number of carbonyl (C=O) groups excluding carboxylic acids is 2. The fourth-order valence-corrected chi connectivity index (χ4v) is 5.21. The predicted molar refractivity (Wildman–Crippen MR) is 165 cm³/mol. The SMILES string of the molecule is Cc1ccccc1CN(C(=O)n1c(=O)c2cccc(C(=O)OC(c3ccccc3)c3ccccc3)c2n1C)C(C)(C)C. The van der Waals surface area contributed by atoms with Crippen LogP contribution in [0.25, 0.3) is 10.9 Å². The summed E-state index contributed by atoms with van der Waals surface area (Å²) in [7, 11) is 1.62. The van der Waals surface area contributed by atoms with Crippen LogP contribution in [0, 0.1) is 6.92 Å². The van der Waals surface area contributed by atoms with Crippen molar-refractivity contribution in [2.75, 3.05) is 0 Å². The fraction of sp³-hybridized carbons (Fsp3) is 0.229. The zero-order valence-corrected chi connectivity index (χ0v) is 24.6. The summed E-state index contributed by atoms with van der Waals surface area (Å²) >= 11 is 0. The molecule has 0 aliphatic heterocycles. The summed E-state index contributed by atoms with van der Waals surface area (Å²) in [5.41, 5.74) is 3.15. The minimum absolute atomic E-state index is 0.205. The van der Waals surface area contributed by atoms with Crippen LogP contribution in [0.4, 0.5) is 4.79 Å². The number of benzene rings is 4. The highest BCUT2D eigenvalue weighted by Crippen LogP contribution is 2.29. The topological polar surface area (TPSA) is 73.5 Å². The van der Waals surface area contributed by atoms with Crippen LogP contribution < -0.4 is 5.56 Å². The van der Waals surface area contributed by atoms with Gasteiger partial charge < -0.3 is 9.64 Å². The number of fused-ring (bicyclic) bond motifs is 1. The van der Waals surface area contributed by atoms with Gasteiger partial charge in [-0.2, -0.15) is 4.68 Å². The first kappa shape index (κ1) is 28.6. The molecule has 0 radical (unpaired) electrons. The summed E-state index contributed by atoms with van der Waals surface area (Å²) in [5, 5.41) is 0.265. The molecule has 0 aliphatic rings. The maximum atomic E-state index is 14.1. The minimum Gasteiger partial charge on any atom is -0.449 e. The molecule has 1 heterocycles. The van der Waals surface area contributed by atoms with Crippen molar-refractivity contribution in [2.24, 2.45) is 7.05 Å². The fourth-order valence-electron chi connectivity index (χ4n) is 5.21. The number of rotatable bonds is 6. The van der Waals surface area contributed by atoms with E-state index in [0.717, 1.165) is 26.9 Å². The highest BCUT2D eigenvalue weighted by molar-refractivity contribution is 6.03. The number of hydrogen-bond acceptors (Lipinski definition) is 4. The van der Waals surface area contributed by atoms with Crippen LogP contribution in [0.1, 0.15) is 59.5 Å². The lowest BCUT2D eigenvalue weighted by atomic mass is 10.0. The number of para-hydroxylation sites is 1. The molecular weight excluding hydrogens is 526 g/mol. The average Bonchev–Trinajstić information content (AvgIpc) is 3.24. The summed E-state index contributed by atoms with van der Waals surface area (Å²) in [6.07, 6.45) is -0.651. The quantitative estimate of drug-likeness (QED) is 0.212. The largest absolute Gasteiger partial charge is 0.449 e. The van der Waals surface area contributed by atoms with Gasteiger partial charge in [-0.15, -0.1) is 0 Å². The van der Waals surface area contributed by atoms with E-state index in [9.17, 15) is 14.4 Å². The Balaban J connectivity index is 1.56. The molecule has 0 saturated carbocycles. The standard InChI is InChI=1S/C35H35N3O4/c1-24-15-12-13-20-27(24)23-37(35(2,3)4)34(41)38-32(39)28-21-14-22-29(30(28)36(38)5)33(40)42-31(25-16-8-6-9-17-25)26-18-10-7-11-19-26/h6-22,31H,23H2,1-5H3. The summed E-state index contributed by atoms with van der Waals surface area (Å²) in [6, 6.07) is 31.3. The van der Waals surface area contributed by atoms with Crippen LogP contribution in [0.15, 0.2) is 108 Å². The Bertz CT molecular complexity index is 1760. The summed E-state index contributed by atoms with van der Waals surface area (Å²) < 4.78 is 8.69. The summed E-state index contributed by atoms with van der Waals surface area (Å²) in [6.45, 7) is 8.14. The first-order valence-electron chi connectivity index (χ1n) is 14.0. The number of aromatic nitrogens is 2. The van der Waals surface area contributed by atoms with E-state index < -0.39 is 29.2 Å². The second kappa shape index (κ2) is 11.5. The van der Waals surface area contributed by atoms with Gasteiger partial charge in [-0.25, -0.2) is 9.59 Å². The van der Waals surface area contributed by atoms with E-state index >= 15 is 0 Å². The third-order valence-corrected chi connectivity index (χ3v) is 7.54. The normalized spacial score (nSPS) is 11.6. The Morgan fingerprint density at radius 1 is 0.810 bits per heavy atom. The Morgan fingerprint density at radius 3 is 1.95 bits per heavy atom. The van der Waals surface area contributed by atoms with Crippen molar-refractivity contribution in [1.29, 1.82) is 0 Å². The number of amides is 1. The number of nitrogens with zero attached hydrogens (tertiary/aromatic N) is 3. The number of aryl methyl sites for hydroxylation is 2. The van der Waals surface area contributed by atoms with Crippen molar-refractivity contribution in [3.63, 3.8) is 0 Å². The second-order valence-corrected chi connectivity index (χ2v) is 11.4. The van der Waals surface area contributed by atoms with Crippen molar-refractivity contribution < 1.29 is 14.3 Å². The van der Waals surface area contributed by atoms with Crippen molar-refractivity contribution >= 4 is 22.9 Å². The molecular formula is C35H35N3O4. The number of ether oxygens (including phenoxy) is 1. The number of carbonyl (C=O) groups is 2. The number of esters is 1. The third-order valence-electron chi connectivity index (χ3n) is 7.54. The van der Waals surface area contributed by atoms with Crippen LogP contribution in [0.5, 0.6) is 0 Å². The van der Waals surface area contributed by atoms with Crippen LogP contribution in [-0.4, -0.2) is 31.8 Å². The van der Waals surface area contributed by atoms with E-state index in [2.05, 4.69) is 0 Å². The molecule has 5 rings (SSSR count). The maximum absolute atomic E-state index is 14.1. The molecule has 0 aliphatic carbocycles. The number of hydrogen-bond donors (Lipinski definition) is 0. The zero-order chi connectivity index (χ0) is 30.0. The molecule has 0 spiro atoms. The lowest BCUT2D eigenvalue weighted by Gasteiger charge is -2.36. The first-order chi connectivity index (χ1) is 20.1. The molecule has 0 unspecified atom stereocenters.